The Morgan fingerprint density at radius 2 is 2.28 bits per heavy atom. The van der Waals surface area contributed by atoms with Gasteiger partial charge < -0.3 is 0 Å². The normalized spacial score (nSPS) is 12.3. The summed E-state index contributed by atoms with van der Waals surface area (Å²) in [6.45, 7) is 0. The number of aromatic nitrogens is 2. The van der Waals surface area contributed by atoms with Gasteiger partial charge in [0.15, 0.2) is 0 Å². The number of nitrogens with zero attached hydrogens (tertiary/aromatic N) is 2. The molecule has 1 aromatic carbocycles. The van der Waals surface area contributed by atoms with Gasteiger partial charge in [-0.15, -0.1) is 11.8 Å². The summed E-state index contributed by atoms with van der Waals surface area (Å²) in [5.74, 6) is 5.91. The van der Waals surface area contributed by atoms with Gasteiger partial charge >= 0.3 is 0 Å². The van der Waals surface area contributed by atoms with Gasteiger partial charge in [0.2, 0.25) is 0 Å². The number of hydrazine groups is 1. The number of nitrogens with two attached hydrogens (primary N) is 1. The van der Waals surface area contributed by atoms with Crippen molar-refractivity contribution < 1.29 is 4.39 Å². The fourth-order valence-electron chi connectivity index (χ4n) is 1.45. The first-order valence-corrected chi connectivity index (χ1v) is 6.38. The Hall–Kier alpha value is -1.50. The van der Waals surface area contributed by atoms with Crippen molar-refractivity contribution in [1.29, 1.82) is 0 Å². The molecule has 0 amide bonds. The minimum absolute atomic E-state index is 0.119. The van der Waals surface area contributed by atoms with Gasteiger partial charge in [0.05, 0.1) is 17.9 Å². The lowest BCUT2D eigenvalue weighted by molar-refractivity contribution is 0.592. The van der Waals surface area contributed by atoms with Crippen LogP contribution in [0.3, 0.4) is 0 Å². The van der Waals surface area contributed by atoms with Crippen molar-refractivity contribution in [3.8, 4) is 0 Å². The van der Waals surface area contributed by atoms with E-state index in [1.165, 1.54) is 23.9 Å². The average Bonchev–Trinajstić information content (AvgIpc) is 2.41. The topological polar surface area (TPSA) is 63.8 Å². The highest BCUT2D eigenvalue weighted by Crippen LogP contribution is 2.23. The quantitative estimate of drug-likeness (QED) is 0.490. The van der Waals surface area contributed by atoms with E-state index in [0.717, 1.165) is 10.6 Å². The van der Waals surface area contributed by atoms with Crippen molar-refractivity contribution in [2.75, 3.05) is 5.75 Å². The molecule has 1 unspecified atom stereocenters. The fraction of sp³-hybridized carbons (Fsp3) is 0.167. The van der Waals surface area contributed by atoms with Crippen molar-refractivity contribution in [2.24, 2.45) is 5.84 Å². The fourth-order valence-corrected chi connectivity index (χ4v) is 2.44. The SMILES string of the molecule is NNC(CSc1cccc(F)c1)c1cnccn1. The Bertz CT molecular complexity index is 494. The lowest BCUT2D eigenvalue weighted by Gasteiger charge is -2.14. The van der Waals surface area contributed by atoms with Crippen LogP contribution < -0.4 is 11.3 Å². The first-order chi connectivity index (χ1) is 8.79. The van der Waals surface area contributed by atoms with E-state index in [2.05, 4.69) is 15.4 Å². The molecule has 0 aliphatic heterocycles. The van der Waals surface area contributed by atoms with Crippen molar-refractivity contribution in [3.05, 3.63) is 54.4 Å². The van der Waals surface area contributed by atoms with E-state index in [1.807, 2.05) is 6.07 Å². The van der Waals surface area contributed by atoms with Gasteiger partial charge in [0.1, 0.15) is 5.82 Å². The molecule has 2 aromatic rings. The lowest BCUT2D eigenvalue weighted by atomic mass is 10.2. The number of benzene rings is 1. The predicted octanol–water partition coefficient (Wildman–Crippen LogP) is 1.91. The Kier molecular flexibility index (Phi) is 4.63. The smallest absolute Gasteiger partial charge is 0.124 e. The zero-order chi connectivity index (χ0) is 12.8. The molecule has 0 fully saturated rings. The van der Waals surface area contributed by atoms with Crippen LogP contribution in [-0.4, -0.2) is 15.7 Å². The summed E-state index contributed by atoms with van der Waals surface area (Å²) in [6.07, 6.45) is 4.89. The molecule has 4 nitrogen and oxygen atoms in total. The van der Waals surface area contributed by atoms with Gasteiger partial charge in [0.25, 0.3) is 0 Å². The molecule has 18 heavy (non-hydrogen) atoms. The third kappa shape index (κ3) is 3.49. The van der Waals surface area contributed by atoms with Gasteiger partial charge in [-0.25, -0.2) is 4.39 Å². The van der Waals surface area contributed by atoms with Crippen LogP contribution in [0.15, 0.2) is 47.8 Å². The van der Waals surface area contributed by atoms with Crippen LogP contribution in [-0.2, 0) is 0 Å². The molecular weight excluding hydrogens is 251 g/mol. The summed E-state index contributed by atoms with van der Waals surface area (Å²) in [6, 6.07) is 6.34. The maximum absolute atomic E-state index is 13.0. The second-order valence-corrected chi connectivity index (χ2v) is 4.71. The minimum Gasteiger partial charge on any atom is -0.271 e. The van der Waals surface area contributed by atoms with Gasteiger partial charge in [-0.05, 0) is 18.2 Å². The van der Waals surface area contributed by atoms with E-state index in [-0.39, 0.29) is 11.9 Å². The highest BCUT2D eigenvalue weighted by molar-refractivity contribution is 7.99. The molecule has 6 heteroatoms. The molecule has 0 saturated heterocycles. The van der Waals surface area contributed by atoms with E-state index in [0.29, 0.717) is 5.75 Å². The molecule has 0 aliphatic carbocycles. The van der Waals surface area contributed by atoms with E-state index < -0.39 is 0 Å². The molecule has 1 heterocycles. The molecular formula is C12H13FN4S. The Morgan fingerprint density at radius 3 is 2.94 bits per heavy atom. The number of hydrogen-bond acceptors (Lipinski definition) is 5. The Balaban J connectivity index is 2.00. The van der Waals surface area contributed by atoms with E-state index in [1.54, 1.807) is 24.7 Å². The van der Waals surface area contributed by atoms with Gasteiger partial charge in [-0.3, -0.25) is 21.2 Å². The van der Waals surface area contributed by atoms with Crippen molar-refractivity contribution in [3.63, 3.8) is 0 Å². The number of thioether (sulfide) groups is 1. The molecule has 94 valence electrons. The third-order valence-electron chi connectivity index (χ3n) is 2.35. The van der Waals surface area contributed by atoms with E-state index >= 15 is 0 Å². The number of rotatable bonds is 5. The van der Waals surface area contributed by atoms with E-state index in [4.69, 9.17) is 5.84 Å². The average molecular weight is 264 g/mol. The van der Waals surface area contributed by atoms with Gasteiger partial charge in [0, 0.05) is 23.0 Å². The number of halogens is 1. The van der Waals surface area contributed by atoms with Crippen LogP contribution in [0, 0.1) is 5.82 Å². The van der Waals surface area contributed by atoms with Crippen molar-refractivity contribution >= 4 is 11.8 Å². The zero-order valence-electron chi connectivity index (χ0n) is 9.58. The van der Waals surface area contributed by atoms with Gasteiger partial charge in [-0.1, -0.05) is 6.07 Å². The first-order valence-electron chi connectivity index (χ1n) is 5.40. The summed E-state index contributed by atoms with van der Waals surface area (Å²) in [5, 5.41) is 0. The molecule has 0 bridgehead atoms. The maximum Gasteiger partial charge on any atom is 0.124 e. The van der Waals surface area contributed by atoms with Crippen LogP contribution in [0.1, 0.15) is 11.7 Å². The molecule has 2 rings (SSSR count). The summed E-state index contributed by atoms with van der Waals surface area (Å²) in [4.78, 5) is 9.04. The maximum atomic E-state index is 13.0. The number of nitrogens with one attached hydrogen (secondary N) is 1. The zero-order valence-corrected chi connectivity index (χ0v) is 10.4. The van der Waals surface area contributed by atoms with Crippen LogP contribution in [0.2, 0.25) is 0 Å². The van der Waals surface area contributed by atoms with Crippen molar-refractivity contribution in [1.82, 2.24) is 15.4 Å². The Labute approximate surface area is 109 Å². The molecule has 0 spiro atoms. The van der Waals surface area contributed by atoms with Crippen LogP contribution in [0.5, 0.6) is 0 Å². The molecule has 0 aliphatic rings. The number of hydrogen-bond donors (Lipinski definition) is 2. The second kappa shape index (κ2) is 6.44. The molecule has 0 radical (unpaired) electrons. The van der Waals surface area contributed by atoms with E-state index in [9.17, 15) is 4.39 Å². The lowest BCUT2D eigenvalue weighted by Crippen LogP contribution is -2.30. The molecule has 0 saturated carbocycles. The first kappa shape index (κ1) is 12.9. The standard InChI is InChI=1S/C12H13FN4S/c13-9-2-1-3-10(6-9)18-8-12(17-14)11-7-15-4-5-16-11/h1-7,12,17H,8,14H2. The van der Waals surface area contributed by atoms with Crippen molar-refractivity contribution in [2.45, 2.75) is 10.9 Å². The highest BCUT2D eigenvalue weighted by Gasteiger charge is 2.11. The summed E-state index contributed by atoms with van der Waals surface area (Å²) >= 11 is 1.51. The third-order valence-corrected chi connectivity index (χ3v) is 3.44. The molecule has 1 aromatic heterocycles. The highest BCUT2D eigenvalue weighted by atomic mass is 32.2. The molecule has 3 N–H and O–H groups in total. The van der Waals surface area contributed by atoms with Crippen LogP contribution in [0.4, 0.5) is 4.39 Å². The summed E-state index contributed by atoms with van der Waals surface area (Å²) in [7, 11) is 0. The summed E-state index contributed by atoms with van der Waals surface area (Å²) < 4.78 is 13.0. The molecule has 1 atom stereocenters. The second-order valence-electron chi connectivity index (χ2n) is 3.62. The predicted molar refractivity (Wildman–Crippen MR) is 69.2 cm³/mol. The summed E-state index contributed by atoms with van der Waals surface area (Å²) in [5.41, 5.74) is 3.45. The van der Waals surface area contributed by atoms with Crippen LogP contribution >= 0.6 is 11.8 Å². The monoisotopic (exact) mass is 264 g/mol. The largest absolute Gasteiger partial charge is 0.271 e. The van der Waals surface area contributed by atoms with Crippen LogP contribution in [0.25, 0.3) is 0 Å². The Morgan fingerprint density at radius 1 is 1.39 bits per heavy atom. The van der Waals surface area contributed by atoms with Gasteiger partial charge in [-0.2, -0.15) is 0 Å². The minimum atomic E-state index is -0.239.